The number of hydrogen-bond acceptors (Lipinski definition) is 2. The van der Waals surface area contributed by atoms with Crippen LogP contribution in [0.3, 0.4) is 0 Å². The van der Waals surface area contributed by atoms with Gasteiger partial charge in [0.05, 0.1) is 12.6 Å². The van der Waals surface area contributed by atoms with Gasteiger partial charge in [0.15, 0.2) is 0 Å². The molecule has 1 atom stereocenters. The highest BCUT2D eigenvalue weighted by atomic mass is 79.9. The third-order valence-corrected chi connectivity index (χ3v) is 3.13. The summed E-state index contributed by atoms with van der Waals surface area (Å²) in [5, 5.41) is 12.5. The van der Waals surface area contributed by atoms with Crippen LogP contribution in [0.4, 0.5) is 10.1 Å². The van der Waals surface area contributed by atoms with Crippen LogP contribution in [0.2, 0.25) is 0 Å². The van der Waals surface area contributed by atoms with Crippen molar-refractivity contribution < 1.29 is 9.50 Å². The summed E-state index contributed by atoms with van der Waals surface area (Å²) >= 11 is 3.21. The zero-order valence-corrected chi connectivity index (χ0v) is 11.2. The van der Waals surface area contributed by atoms with Crippen LogP contribution in [0.15, 0.2) is 53.0 Å². The third-order valence-electron chi connectivity index (χ3n) is 2.64. The lowest BCUT2D eigenvalue weighted by Crippen LogP contribution is -2.16. The zero-order chi connectivity index (χ0) is 13.0. The Bertz CT molecular complexity index is 518. The first-order chi connectivity index (χ1) is 8.70. The number of aliphatic hydroxyl groups is 1. The molecule has 0 amide bonds. The summed E-state index contributed by atoms with van der Waals surface area (Å²) in [4.78, 5) is 0. The molecule has 0 spiro atoms. The van der Waals surface area contributed by atoms with E-state index in [0.29, 0.717) is 10.0 Å². The molecule has 2 N–H and O–H groups in total. The fourth-order valence-electron chi connectivity index (χ4n) is 1.74. The van der Waals surface area contributed by atoms with Gasteiger partial charge in [-0.25, -0.2) is 4.39 Å². The topological polar surface area (TPSA) is 32.3 Å². The largest absolute Gasteiger partial charge is 0.394 e. The van der Waals surface area contributed by atoms with E-state index in [2.05, 4.69) is 21.2 Å². The molecule has 1 unspecified atom stereocenters. The number of nitrogens with one attached hydrogen (secondary N) is 1. The minimum Gasteiger partial charge on any atom is -0.394 e. The Hall–Kier alpha value is -1.39. The zero-order valence-electron chi connectivity index (χ0n) is 9.61. The molecule has 0 saturated heterocycles. The van der Waals surface area contributed by atoms with E-state index >= 15 is 0 Å². The Morgan fingerprint density at radius 1 is 1.17 bits per heavy atom. The average Bonchev–Trinajstić information content (AvgIpc) is 2.38. The van der Waals surface area contributed by atoms with Gasteiger partial charge in [0.2, 0.25) is 0 Å². The van der Waals surface area contributed by atoms with Gasteiger partial charge in [-0.15, -0.1) is 0 Å². The molecule has 2 rings (SSSR count). The van der Waals surface area contributed by atoms with Crippen molar-refractivity contribution in [3.63, 3.8) is 0 Å². The van der Waals surface area contributed by atoms with Crippen LogP contribution in [-0.2, 0) is 0 Å². The molecule has 0 radical (unpaired) electrons. The minimum absolute atomic E-state index is 0.173. The molecule has 0 heterocycles. The van der Waals surface area contributed by atoms with Gasteiger partial charge in [0.1, 0.15) is 5.82 Å². The first-order valence-corrected chi connectivity index (χ1v) is 6.37. The van der Waals surface area contributed by atoms with Crippen molar-refractivity contribution in [2.45, 2.75) is 6.04 Å². The van der Waals surface area contributed by atoms with Crippen LogP contribution in [0, 0.1) is 5.82 Å². The normalized spacial score (nSPS) is 12.2. The number of aliphatic hydroxyl groups excluding tert-OH is 1. The van der Waals surface area contributed by atoms with Gasteiger partial charge in [0.25, 0.3) is 0 Å². The maximum absolute atomic E-state index is 13.8. The van der Waals surface area contributed by atoms with E-state index in [9.17, 15) is 9.50 Å². The number of halogens is 2. The highest BCUT2D eigenvalue weighted by Crippen LogP contribution is 2.24. The van der Waals surface area contributed by atoms with Gasteiger partial charge in [-0.2, -0.15) is 0 Å². The molecule has 0 fully saturated rings. The summed E-state index contributed by atoms with van der Waals surface area (Å²) in [5.41, 5.74) is 1.29. The molecule has 2 aromatic rings. The van der Waals surface area contributed by atoms with Crippen molar-refractivity contribution in [1.29, 1.82) is 0 Å². The van der Waals surface area contributed by atoms with Crippen molar-refractivity contribution >= 4 is 21.6 Å². The van der Waals surface area contributed by atoms with E-state index in [1.165, 1.54) is 6.07 Å². The van der Waals surface area contributed by atoms with Crippen LogP contribution >= 0.6 is 15.9 Å². The fraction of sp³-hybridized carbons (Fsp3) is 0.143. The van der Waals surface area contributed by atoms with Crippen LogP contribution < -0.4 is 5.32 Å². The summed E-state index contributed by atoms with van der Waals surface area (Å²) < 4.78 is 14.5. The number of anilines is 1. The van der Waals surface area contributed by atoms with Crippen molar-refractivity contribution in [2.75, 3.05) is 11.9 Å². The van der Waals surface area contributed by atoms with Gasteiger partial charge in [0, 0.05) is 15.7 Å². The van der Waals surface area contributed by atoms with E-state index in [1.807, 2.05) is 30.3 Å². The molecule has 2 aromatic carbocycles. The van der Waals surface area contributed by atoms with Crippen LogP contribution in [0.1, 0.15) is 11.6 Å². The van der Waals surface area contributed by atoms with Crippen LogP contribution in [0.25, 0.3) is 0 Å². The van der Waals surface area contributed by atoms with Gasteiger partial charge >= 0.3 is 0 Å². The third kappa shape index (κ3) is 3.09. The van der Waals surface area contributed by atoms with E-state index in [4.69, 9.17) is 0 Å². The SMILES string of the molecule is OCC(Nc1ccccc1)c1ccc(Br)cc1F. The monoisotopic (exact) mass is 309 g/mol. The maximum atomic E-state index is 13.8. The predicted octanol–water partition coefficient (Wildman–Crippen LogP) is 3.73. The van der Waals surface area contributed by atoms with E-state index in [1.54, 1.807) is 12.1 Å². The Morgan fingerprint density at radius 3 is 2.50 bits per heavy atom. The van der Waals surface area contributed by atoms with Crippen molar-refractivity contribution in [3.8, 4) is 0 Å². The Labute approximate surface area is 114 Å². The number of para-hydroxylation sites is 1. The second-order valence-electron chi connectivity index (χ2n) is 3.91. The van der Waals surface area contributed by atoms with E-state index < -0.39 is 6.04 Å². The summed E-state index contributed by atoms with van der Waals surface area (Å²) in [7, 11) is 0. The molecule has 0 aliphatic carbocycles. The first-order valence-electron chi connectivity index (χ1n) is 5.58. The second-order valence-corrected chi connectivity index (χ2v) is 4.83. The maximum Gasteiger partial charge on any atom is 0.129 e. The molecule has 2 nitrogen and oxygen atoms in total. The second kappa shape index (κ2) is 5.98. The number of hydrogen-bond donors (Lipinski definition) is 2. The van der Waals surface area contributed by atoms with Crippen molar-refractivity contribution in [3.05, 3.63) is 64.4 Å². The smallest absolute Gasteiger partial charge is 0.129 e. The highest BCUT2D eigenvalue weighted by Gasteiger charge is 2.14. The lowest BCUT2D eigenvalue weighted by molar-refractivity contribution is 0.274. The molecule has 94 valence electrons. The lowest BCUT2D eigenvalue weighted by Gasteiger charge is -2.18. The molecule has 0 aliphatic rings. The summed E-state index contributed by atoms with van der Waals surface area (Å²) in [6, 6.07) is 13.8. The summed E-state index contributed by atoms with van der Waals surface area (Å²) in [6.45, 7) is -0.173. The molecular formula is C14H13BrFNO. The van der Waals surface area contributed by atoms with Crippen molar-refractivity contribution in [2.24, 2.45) is 0 Å². The molecular weight excluding hydrogens is 297 g/mol. The summed E-state index contributed by atoms with van der Waals surface area (Å²) in [6.07, 6.45) is 0. The van der Waals surface area contributed by atoms with Gasteiger partial charge < -0.3 is 10.4 Å². The minimum atomic E-state index is -0.458. The number of benzene rings is 2. The Morgan fingerprint density at radius 2 is 1.89 bits per heavy atom. The van der Waals surface area contributed by atoms with E-state index in [-0.39, 0.29) is 12.4 Å². The van der Waals surface area contributed by atoms with E-state index in [0.717, 1.165) is 5.69 Å². The molecule has 0 aliphatic heterocycles. The molecule has 18 heavy (non-hydrogen) atoms. The van der Waals surface area contributed by atoms with Crippen LogP contribution in [0.5, 0.6) is 0 Å². The number of rotatable bonds is 4. The quantitative estimate of drug-likeness (QED) is 0.902. The van der Waals surface area contributed by atoms with Crippen LogP contribution in [-0.4, -0.2) is 11.7 Å². The lowest BCUT2D eigenvalue weighted by atomic mass is 10.1. The van der Waals surface area contributed by atoms with Gasteiger partial charge in [-0.05, 0) is 24.3 Å². The Balaban J connectivity index is 2.23. The first kappa shape index (κ1) is 13.1. The summed E-state index contributed by atoms with van der Waals surface area (Å²) in [5.74, 6) is -0.341. The predicted molar refractivity (Wildman–Crippen MR) is 74.0 cm³/mol. The molecule has 4 heteroatoms. The Kier molecular flexibility index (Phi) is 4.33. The highest BCUT2D eigenvalue weighted by molar-refractivity contribution is 9.10. The molecule has 0 bridgehead atoms. The standard InChI is InChI=1S/C14H13BrFNO/c15-10-6-7-12(13(16)8-10)14(9-18)17-11-4-2-1-3-5-11/h1-8,14,17-18H,9H2. The average molecular weight is 310 g/mol. The van der Waals surface area contributed by atoms with Crippen molar-refractivity contribution in [1.82, 2.24) is 0 Å². The van der Waals surface area contributed by atoms with Gasteiger partial charge in [-0.3, -0.25) is 0 Å². The van der Waals surface area contributed by atoms with Gasteiger partial charge in [-0.1, -0.05) is 40.2 Å². The fourth-order valence-corrected chi connectivity index (χ4v) is 2.07. The molecule has 0 aromatic heterocycles. The molecule has 0 saturated carbocycles.